The molecule has 0 saturated carbocycles. The number of hydrogen-bond acceptors (Lipinski definition) is 5. The van der Waals surface area contributed by atoms with E-state index < -0.39 is 0 Å². The van der Waals surface area contributed by atoms with Crippen molar-refractivity contribution < 1.29 is 4.79 Å². The number of aromatic nitrogens is 3. The first kappa shape index (κ1) is 16.9. The molecule has 0 aliphatic carbocycles. The molecule has 1 saturated heterocycles. The number of carbonyl (C=O) groups excluding carboxylic acids is 1. The van der Waals surface area contributed by atoms with E-state index in [0.29, 0.717) is 17.9 Å². The van der Waals surface area contributed by atoms with Crippen molar-refractivity contribution in [1.82, 2.24) is 19.9 Å². The van der Waals surface area contributed by atoms with Gasteiger partial charge in [0.15, 0.2) is 5.82 Å². The van der Waals surface area contributed by atoms with Crippen molar-refractivity contribution in [3.8, 4) is 0 Å². The molecule has 25 heavy (non-hydrogen) atoms. The number of nitrogens with zero attached hydrogens (tertiary/aromatic N) is 3. The lowest BCUT2D eigenvalue weighted by atomic mass is 10.1. The first-order chi connectivity index (χ1) is 12.0. The minimum atomic E-state index is -0.235. The molecule has 1 atom stereocenters. The second-order valence-corrected chi connectivity index (χ2v) is 6.22. The van der Waals surface area contributed by atoms with Crippen molar-refractivity contribution in [3.63, 3.8) is 0 Å². The Morgan fingerprint density at radius 3 is 3.08 bits per heavy atom. The number of carbonyl (C=O) groups is 1. The van der Waals surface area contributed by atoms with Gasteiger partial charge in [-0.15, -0.1) is 0 Å². The molecule has 1 aliphatic rings. The Kier molecular flexibility index (Phi) is 4.97. The maximum atomic E-state index is 12.3. The summed E-state index contributed by atoms with van der Waals surface area (Å²) in [7, 11) is 0. The smallest absolute Gasteiger partial charge is 0.290 e. The molecule has 0 aromatic carbocycles. The van der Waals surface area contributed by atoms with E-state index in [-0.39, 0.29) is 29.6 Å². The van der Waals surface area contributed by atoms with Gasteiger partial charge in [0, 0.05) is 43.3 Å². The van der Waals surface area contributed by atoms with Gasteiger partial charge < -0.3 is 19.8 Å². The molecule has 2 aromatic rings. The Hall–Kier alpha value is -2.90. The van der Waals surface area contributed by atoms with E-state index >= 15 is 0 Å². The predicted octanol–water partition coefficient (Wildman–Crippen LogP) is 0.0252. The Labute approximate surface area is 144 Å². The van der Waals surface area contributed by atoms with Crippen molar-refractivity contribution in [2.45, 2.75) is 32.4 Å². The maximum absolute atomic E-state index is 12.3. The molecule has 132 valence electrons. The van der Waals surface area contributed by atoms with Crippen molar-refractivity contribution in [2.24, 2.45) is 0 Å². The van der Waals surface area contributed by atoms with Gasteiger partial charge in [-0.1, -0.05) is 6.07 Å². The van der Waals surface area contributed by atoms with Gasteiger partial charge in [-0.2, -0.15) is 0 Å². The summed E-state index contributed by atoms with van der Waals surface area (Å²) >= 11 is 0. The van der Waals surface area contributed by atoms with Crippen LogP contribution in [0.1, 0.15) is 18.4 Å². The third-order valence-electron chi connectivity index (χ3n) is 4.30. The highest BCUT2D eigenvalue weighted by atomic mass is 16.2. The van der Waals surface area contributed by atoms with Crippen molar-refractivity contribution in [2.75, 3.05) is 18.0 Å². The third kappa shape index (κ3) is 3.96. The van der Waals surface area contributed by atoms with E-state index in [2.05, 4.69) is 15.3 Å². The highest BCUT2D eigenvalue weighted by Crippen LogP contribution is 2.14. The zero-order chi connectivity index (χ0) is 17.8. The topological polar surface area (TPSA) is 100 Å². The van der Waals surface area contributed by atoms with Gasteiger partial charge in [-0.3, -0.25) is 14.4 Å². The second-order valence-electron chi connectivity index (χ2n) is 6.22. The number of aromatic amines is 1. The number of amides is 1. The lowest BCUT2D eigenvalue weighted by molar-refractivity contribution is -0.122. The number of nitrogens with one attached hydrogen (secondary N) is 2. The summed E-state index contributed by atoms with van der Waals surface area (Å²) in [5.74, 6) is 0.158. The second kappa shape index (κ2) is 7.33. The number of rotatable bonds is 4. The van der Waals surface area contributed by atoms with E-state index in [9.17, 15) is 14.4 Å². The van der Waals surface area contributed by atoms with Crippen molar-refractivity contribution in [3.05, 3.63) is 57.0 Å². The molecule has 3 rings (SSSR count). The quantitative estimate of drug-likeness (QED) is 0.815. The van der Waals surface area contributed by atoms with E-state index in [1.54, 1.807) is 31.5 Å². The van der Waals surface area contributed by atoms with Gasteiger partial charge in [0.2, 0.25) is 5.91 Å². The minimum absolute atomic E-state index is 0.0127. The number of aryl methyl sites for hydroxylation is 1. The maximum Gasteiger partial charge on any atom is 0.290 e. The third-order valence-corrected chi connectivity index (χ3v) is 4.30. The number of anilines is 1. The van der Waals surface area contributed by atoms with E-state index in [1.807, 2.05) is 4.90 Å². The van der Waals surface area contributed by atoms with Crippen molar-refractivity contribution in [1.29, 1.82) is 0 Å². The Balaban J connectivity index is 1.64. The summed E-state index contributed by atoms with van der Waals surface area (Å²) in [6, 6.07) is 3.39. The van der Waals surface area contributed by atoms with E-state index in [0.717, 1.165) is 19.4 Å². The molecule has 1 fully saturated rings. The monoisotopic (exact) mass is 343 g/mol. The Morgan fingerprint density at radius 1 is 1.44 bits per heavy atom. The van der Waals surface area contributed by atoms with Gasteiger partial charge in [0.1, 0.15) is 6.54 Å². The highest BCUT2D eigenvalue weighted by Gasteiger charge is 2.23. The number of pyridine rings is 1. The molecular formula is C17H21N5O3. The van der Waals surface area contributed by atoms with Crippen LogP contribution in [0.15, 0.2) is 40.3 Å². The van der Waals surface area contributed by atoms with Crippen LogP contribution in [0.4, 0.5) is 5.82 Å². The lowest BCUT2D eigenvalue weighted by Crippen LogP contribution is -2.50. The lowest BCUT2D eigenvalue weighted by Gasteiger charge is -2.33. The highest BCUT2D eigenvalue weighted by molar-refractivity contribution is 5.76. The van der Waals surface area contributed by atoms with Gasteiger partial charge in [0.05, 0.1) is 0 Å². The van der Waals surface area contributed by atoms with Crippen molar-refractivity contribution >= 4 is 11.7 Å². The normalized spacial score (nSPS) is 17.3. The molecule has 8 heteroatoms. The van der Waals surface area contributed by atoms with Crippen LogP contribution in [0.5, 0.6) is 0 Å². The molecule has 2 N–H and O–H groups in total. The number of piperidine rings is 1. The first-order valence-electron chi connectivity index (χ1n) is 8.28. The zero-order valence-electron chi connectivity index (χ0n) is 14.1. The molecule has 0 spiro atoms. The van der Waals surface area contributed by atoms with Crippen LogP contribution in [0.2, 0.25) is 0 Å². The molecule has 1 aliphatic heterocycles. The predicted molar refractivity (Wildman–Crippen MR) is 93.7 cm³/mol. The standard InChI is InChI=1S/C17H21N5O3/c1-12-4-2-9-22(17(12)25)11-14(23)20-13-5-3-8-21(10-13)15-16(24)19-7-6-18-15/h2,4,6-7,9,13H,3,5,8,10-11H2,1H3,(H,19,24)(H,20,23)/t13-/m0/s1. The van der Waals surface area contributed by atoms with Crippen LogP contribution in [0.3, 0.4) is 0 Å². The Bertz CT molecular complexity index is 873. The average Bonchev–Trinajstić information content (AvgIpc) is 2.59. The largest absolute Gasteiger partial charge is 0.350 e. The van der Waals surface area contributed by atoms with Crippen LogP contribution in [0.25, 0.3) is 0 Å². The molecule has 0 radical (unpaired) electrons. The molecule has 1 amide bonds. The molecule has 2 aromatic heterocycles. The number of H-pyrrole nitrogens is 1. The summed E-state index contributed by atoms with van der Waals surface area (Å²) in [6.07, 6.45) is 6.33. The summed E-state index contributed by atoms with van der Waals surface area (Å²) in [4.78, 5) is 44.8. The molecule has 0 unspecified atom stereocenters. The fourth-order valence-electron chi connectivity index (χ4n) is 3.07. The van der Waals surface area contributed by atoms with Crippen LogP contribution < -0.4 is 21.3 Å². The Morgan fingerprint density at radius 2 is 2.28 bits per heavy atom. The molecule has 0 bridgehead atoms. The zero-order valence-corrected chi connectivity index (χ0v) is 14.1. The first-order valence-corrected chi connectivity index (χ1v) is 8.28. The van der Waals surface area contributed by atoms with Gasteiger partial charge in [-0.05, 0) is 25.8 Å². The number of hydrogen-bond donors (Lipinski definition) is 2. The van der Waals surface area contributed by atoms with Gasteiger partial charge >= 0.3 is 0 Å². The van der Waals surface area contributed by atoms with Gasteiger partial charge in [0.25, 0.3) is 11.1 Å². The molecular weight excluding hydrogens is 322 g/mol. The van der Waals surface area contributed by atoms with Crippen LogP contribution >= 0.6 is 0 Å². The van der Waals surface area contributed by atoms with E-state index in [1.165, 1.54) is 10.8 Å². The summed E-state index contributed by atoms with van der Waals surface area (Å²) < 4.78 is 1.40. The van der Waals surface area contributed by atoms with Crippen LogP contribution in [-0.2, 0) is 11.3 Å². The SMILES string of the molecule is Cc1cccn(CC(=O)N[C@H]2CCCN(c3ncc[nH]c3=O)C2)c1=O. The van der Waals surface area contributed by atoms with Crippen LogP contribution in [-0.4, -0.2) is 39.6 Å². The van der Waals surface area contributed by atoms with Gasteiger partial charge in [-0.25, -0.2) is 4.98 Å². The summed E-state index contributed by atoms with van der Waals surface area (Å²) in [5, 5.41) is 2.95. The molecule has 8 nitrogen and oxygen atoms in total. The average molecular weight is 343 g/mol. The molecule has 3 heterocycles. The summed E-state index contributed by atoms with van der Waals surface area (Å²) in [6.45, 7) is 2.96. The van der Waals surface area contributed by atoms with E-state index in [4.69, 9.17) is 0 Å². The fraction of sp³-hybridized carbons (Fsp3) is 0.412. The minimum Gasteiger partial charge on any atom is -0.350 e. The fourth-order valence-corrected chi connectivity index (χ4v) is 3.07. The summed E-state index contributed by atoms with van der Waals surface area (Å²) in [5.41, 5.74) is 0.206. The van der Waals surface area contributed by atoms with Crippen LogP contribution in [0, 0.1) is 6.92 Å².